The Hall–Kier alpha value is -3.20. The summed E-state index contributed by atoms with van der Waals surface area (Å²) in [6.07, 6.45) is 1.63. The lowest BCUT2D eigenvalue weighted by molar-refractivity contribution is -0.145. The van der Waals surface area contributed by atoms with Gasteiger partial charge < -0.3 is 15.0 Å². The molecule has 3 heterocycles. The van der Waals surface area contributed by atoms with Crippen molar-refractivity contribution in [3.63, 3.8) is 0 Å². The first-order valence-electron chi connectivity index (χ1n) is 8.76. The van der Waals surface area contributed by atoms with Crippen molar-refractivity contribution in [3.05, 3.63) is 47.6 Å². The van der Waals surface area contributed by atoms with Gasteiger partial charge in [0.2, 0.25) is 5.91 Å². The van der Waals surface area contributed by atoms with Crippen LogP contribution in [-0.2, 0) is 14.3 Å². The molecule has 0 spiro atoms. The maximum absolute atomic E-state index is 13.2. The first-order valence-corrected chi connectivity index (χ1v) is 9.64. The molecule has 144 valence electrons. The number of aromatic nitrogens is 2. The quantitative estimate of drug-likeness (QED) is 0.674. The Labute approximate surface area is 164 Å². The van der Waals surface area contributed by atoms with Gasteiger partial charge in [0.05, 0.1) is 19.2 Å². The van der Waals surface area contributed by atoms with Crippen LogP contribution in [0, 0.1) is 0 Å². The molecular weight excluding hydrogens is 380 g/mol. The van der Waals surface area contributed by atoms with Crippen LogP contribution in [-0.4, -0.2) is 58.3 Å². The molecule has 1 aromatic carbocycles. The number of esters is 1. The van der Waals surface area contributed by atoms with E-state index in [1.54, 1.807) is 9.78 Å². The number of carbonyl (C=O) groups excluding carboxylic acids is 3. The molecule has 0 aliphatic carbocycles. The van der Waals surface area contributed by atoms with Gasteiger partial charge in [0.15, 0.2) is 4.96 Å². The Morgan fingerprint density at radius 1 is 1.32 bits per heavy atom. The molecule has 3 aromatic rings. The second-order valence-electron chi connectivity index (χ2n) is 6.35. The Bertz CT molecular complexity index is 1040. The van der Waals surface area contributed by atoms with Crippen LogP contribution in [0.25, 0.3) is 16.2 Å². The monoisotopic (exact) mass is 398 g/mol. The van der Waals surface area contributed by atoms with Crippen molar-refractivity contribution in [1.29, 1.82) is 0 Å². The van der Waals surface area contributed by atoms with Gasteiger partial charge in [-0.3, -0.25) is 18.8 Å². The molecule has 2 aromatic heterocycles. The molecule has 1 fully saturated rings. The van der Waals surface area contributed by atoms with E-state index in [1.165, 1.54) is 23.3 Å². The highest BCUT2D eigenvalue weighted by molar-refractivity contribution is 7.15. The number of thiazole rings is 1. The summed E-state index contributed by atoms with van der Waals surface area (Å²) in [5, 5.41) is 4.42. The van der Waals surface area contributed by atoms with E-state index in [0.717, 1.165) is 11.3 Å². The van der Waals surface area contributed by atoms with E-state index in [2.05, 4.69) is 15.0 Å². The average molecular weight is 398 g/mol. The number of nitrogens with zero attached hydrogens (tertiary/aromatic N) is 3. The first kappa shape index (κ1) is 18.2. The van der Waals surface area contributed by atoms with Gasteiger partial charge in [0.25, 0.3) is 5.91 Å². The fraction of sp³-hybridized carbons (Fsp3) is 0.263. The molecule has 1 aliphatic heterocycles. The highest BCUT2D eigenvalue weighted by atomic mass is 32.1. The zero-order valence-electron chi connectivity index (χ0n) is 15.1. The Morgan fingerprint density at radius 3 is 2.86 bits per heavy atom. The summed E-state index contributed by atoms with van der Waals surface area (Å²) < 4.78 is 6.41. The van der Waals surface area contributed by atoms with Crippen molar-refractivity contribution in [2.24, 2.45) is 0 Å². The lowest BCUT2D eigenvalue weighted by Crippen LogP contribution is -2.58. The molecule has 1 saturated heterocycles. The van der Waals surface area contributed by atoms with Gasteiger partial charge in [-0.15, -0.1) is 11.3 Å². The molecular formula is C19H18N4O4S. The van der Waals surface area contributed by atoms with Crippen LogP contribution >= 0.6 is 11.3 Å². The molecule has 1 aliphatic rings. The fourth-order valence-corrected chi connectivity index (χ4v) is 4.08. The van der Waals surface area contributed by atoms with E-state index in [4.69, 9.17) is 0 Å². The summed E-state index contributed by atoms with van der Waals surface area (Å²) in [6, 6.07) is 8.81. The zero-order valence-corrected chi connectivity index (χ0v) is 15.9. The van der Waals surface area contributed by atoms with Crippen molar-refractivity contribution < 1.29 is 19.1 Å². The van der Waals surface area contributed by atoms with Crippen LogP contribution in [0.2, 0.25) is 0 Å². The molecule has 4 rings (SSSR count). The van der Waals surface area contributed by atoms with Crippen LogP contribution in [0.4, 0.5) is 0 Å². The fourth-order valence-electron chi connectivity index (χ4n) is 3.23. The number of rotatable bonds is 4. The predicted molar refractivity (Wildman–Crippen MR) is 103 cm³/mol. The van der Waals surface area contributed by atoms with Gasteiger partial charge in [-0.2, -0.15) is 0 Å². The minimum Gasteiger partial charge on any atom is -0.469 e. The molecule has 0 saturated carbocycles. The second kappa shape index (κ2) is 7.43. The molecule has 9 heteroatoms. The number of imidazole rings is 1. The summed E-state index contributed by atoms with van der Waals surface area (Å²) in [6.45, 7) is 0.665. The summed E-state index contributed by atoms with van der Waals surface area (Å²) in [5.74, 6) is -1.21. The number of hydrogen-bond acceptors (Lipinski definition) is 6. The summed E-state index contributed by atoms with van der Waals surface area (Å²) in [5.41, 5.74) is 2.14. The van der Waals surface area contributed by atoms with E-state index in [0.29, 0.717) is 23.7 Å². The minimum absolute atomic E-state index is 0.180. The van der Waals surface area contributed by atoms with Crippen molar-refractivity contribution in [1.82, 2.24) is 19.6 Å². The third kappa shape index (κ3) is 3.24. The Kier molecular flexibility index (Phi) is 4.82. The Balaban J connectivity index is 1.66. The van der Waals surface area contributed by atoms with Crippen LogP contribution in [0.3, 0.4) is 0 Å². The first-order chi connectivity index (χ1) is 13.6. The predicted octanol–water partition coefficient (Wildman–Crippen LogP) is 1.57. The maximum Gasteiger partial charge on any atom is 0.308 e. The van der Waals surface area contributed by atoms with Gasteiger partial charge in [-0.05, 0) is 0 Å². The largest absolute Gasteiger partial charge is 0.469 e. The van der Waals surface area contributed by atoms with Crippen molar-refractivity contribution >= 4 is 34.1 Å². The maximum atomic E-state index is 13.2. The third-order valence-electron chi connectivity index (χ3n) is 4.68. The second-order valence-corrected chi connectivity index (χ2v) is 7.19. The number of ether oxygens (including phenoxy) is 1. The van der Waals surface area contributed by atoms with Crippen LogP contribution in [0.5, 0.6) is 0 Å². The van der Waals surface area contributed by atoms with E-state index >= 15 is 0 Å². The van der Waals surface area contributed by atoms with E-state index < -0.39 is 12.0 Å². The highest BCUT2D eigenvalue weighted by Gasteiger charge is 2.36. The topological polar surface area (TPSA) is 93.0 Å². The third-order valence-corrected chi connectivity index (χ3v) is 5.52. The zero-order chi connectivity index (χ0) is 19.7. The molecule has 1 unspecified atom stereocenters. The number of carbonyl (C=O) groups is 3. The molecule has 2 amide bonds. The Morgan fingerprint density at radius 2 is 2.11 bits per heavy atom. The number of hydrogen-bond donors (Lipinski definition) is 1. The number of methoxy groups -OCH3 is 1. The van der Waals surface area contributed by atoms with Gasteiger partial charge in [-0.1, -0.05) is 30.3 Å². The van der Waals surface area contributed by atoms with E-state index in [-0.39, 0.29) is 18.2 Å². The molecule has 28 heavy (non-hydrogen) atoms. The number of benzene rings is 1. The average Bonchev–Trinajstić information content (AvgIpc) is 3.30. The SMILES string of the molecule is COC(=O)CC1C(=O)NCCN1C(=O)c1csc2nc(-c3ccccc3)cn12. The summed E-state index contributed by atoms with van der Waals surface area (Å²) >= 11 is 1.35. The van der Waals surface area contributed by atoms with Gasteiger partial charge >= 0.3 is 5.97 Å². The van der Waals surface area contributed by atoms with E-state index in [1.807, 2.05) is 36.5 Å². The van der Waals surface area contributed by atoms with Crippen LogP contribution in [0.1, 0.15) is 16.9 Å². The summed E-state index contributed by atoms with van der Waals surface area (Å²) in [7, 11) is 1.26. The van der Waals surface area contributed by atoms with Crippen molar-refractivity contribution in [2.45, 2.75) is 12.5 Å². The summed E-state index contributed by atoms with van der Waals surface area (Å²) in [4.78, 5) is 43.9. The van der Waals surface area contributed by atoms with Gasteiger partial charge in [0, 0.05) is 30.2 Å². The number of piperazine rings is 1. The lowest BCUT2D eigenvalue weighted by atomic mass is 10.1. The van der Waals surface area contributed by atoms with Crippen molar-refractivity contribution in [3.8, 4) is 11.3 Å². The molecule has 0 bridgehead atoms. The van der Waals surface area contributed by atoms with Crippen LogP contribution < -0.4 is 5.32 Å². The number of fused-ring (bicyclic) bond motifs is 1. The van der Waals surface area contributed by atoms with Crippen LogP contribution in [0.15, 0.2) is 41.9 Å². The number of amides is 2. The normalized spacial score (nSPS) is 16.8. The lowest BCUT2D eigenvalue weighted by Gasteiger charge is -2.34. The minimum atomic E-state index is -0.888. The molecule has 1 atom stereocenters. The smallest absolute Gasteiger partial charge is 0.308 e. The van der Waals surface area contributed by atoms with Crippen molar-refractivity contribution in [2.75, 3.05) is 20.2 Å². The highest BCUT2D eigenvalue weighted by Crippen LogP contribution is 2.25. The molecule has 1 N–H and O–H groups in total. The molecule has 8 nitrogen and oxygen atoms in total. The molecule has 0 radical (unpaired) electrons. The van der Waals surface area contributed by atoms with E-state index in [9.17, 15) is 14.4 Å². The standard InChI is InChI=1S/C19H18N4O4S/c1-27-16(24)9-14-17(25)20-7-8-22(14)18(26)15-11-28-19-21-13(10-23(15)19)12-5-3-2-4-6-12/h2-6,10-11,14H,7-9H2,1H3,(H,20,25). The number of nitrogens with one attached hydrogen (secondary N) is 1. The van der Waals surface area contributed by atoms with Gasteiger partial charge in [0.1, 0.15) is 11.7 Å². The van der Waals surface area contributed by atoms with Gasteiger partial charge in [-0.25, -0.2) is 4.98 Å².